The zero-order chi connectivity index (χ0) is 10.1. The molecule has 0 saturated carbocycles. The lowest BCUT2D eigenvalue weighted by atomic mass is 10.2. The number of hydrogen-bond acceptors (Lipinski definition) is 2. The number of rotatable bonds is 1. The SMILES string of the molecule is NCc1ccc(C(F)(F)F)nc1Cl. The Bertz CT molecular complexity index is 311. The minimum Gasteiger partial charge on any atom is -0.326 e. The molecule has 2 nitrogen and oxygen atoms in total. The molecule has 0 aliphatic heterocycles. The molecule has 0 bridgehead atoms. The quantitative estimate of drug-likeness (QED) is 0.722. The number of nitrogens with zero attached hydrogens (tertiary/aromatic N) is 1. The molecule has 1 rings (SSSR count). The number of nitrogens with two attached hydrogens (primary N) is 1. The maximum Gasteiger partial charge on any atom is 0.433 e. The van der Waals surface area contributed by atoms with Gasteiger partial charge in [0.1, 0.15) is 10.8 Å². The van der Waals surface area contributed by atoms with Crippen LogP contribution in [0.4, 0.5) is 13.2 Å². The summed E-state index contributed by atoms with van der Waals surface area (Å²) in [7, 11) is 0. The van der Waals surface area contributed by atoms with Crippen molar-refractivity contribution in [3.63, 3.8) is 0 Å². The highest BCUT2D eigenvalue weighted by Crippen LogP contribution is 2.29. The zero-order valence-corrected chi connectivity index (χ0v) is 7.15. The summed E-state index contributed by atoms with van der Waals surface area (Å²) in [6.45, 7) is 0.0734. The molecule has 1 aromatic heterocycles. The van der Waals surface area contributed by atoms with Crippen molar-refractivity contribution in [2.24, 2.45) is 5.73 Å². The van der Waals surface area contributed by atoms with E-state index in [9.17, 15) is 13.2 Å². The van der Waals surface area contributed by atoms with E-state index in [2.05, 4.69) is 4.98 Å². The second-order valence-corrected chi connectivity index (χ2v) is 2.71. The molecule has 0 amide bonds. The Labute approximate surface area is 77.5 Å². The Morgan fingerprint density at radius 2 is 2.00 bits per heavy atom. The van der Waals surface area contributed by atoms with Gasteiger partial charge in [0.15, 0.2) is 0 Å². The first-order valence-corrected chi connectivity index (χ1v) is 3.75. The van der Waals surface area contributed by atoms with E-state index in [1.165, 1.54) is 6.07 Å². The largest absolute Gasteiger partial charge is 0.433 e. The van der Waals surface area contributed by atoms with E-state index in [1.54, 1.807) is 0 Å². The lowest BCUT2D eigenvalue weighted by Gasteiger charge is -2.07. The third-order valence-electron chi connectivity index (χ3n) is 1.44. The van der Waals surface area contributed by atoms with E-state index in [1.807, 2.05) is 0 Å². The molecule has 0 unspecified atom stereocenters. The fourth-order valence-corrected chi connectivity index (χ4v) is 1.00. The summed E-state index contributed by atoms with van der Waals surface area (Å²) in [6.07, 6.45) is -4.46. The maximum atomic E-state index is 12.1. The van der Waals surface area contributed by atoms with Crippen molar-refractivity contribution in [1.82, 2.24) is 4.98 Å². The van der Waals surface area contributed by atoms with E-state index in [0.29, 0.717) is 5.56 Å². The summed E-state index contributed by atoms with van der Waals surface area (Å²) in [5, 5.41) is -0.197. The van der Waals surface area contributed by atoms with Gasteiger partial charge in [0, 0.05) is 12.1 Å². The Hall–Kier alpha value is -0.810. The second kappa shape index (κ2) is 3.51. The Morgan fingerprint density at radius 3 is 2.38 bits per heavy atom. The molecule has 0 aromatic carbocycles. The third-order valence-corrected chi connectivity index (χ3v) is 1.76. The van der Waals surface area contributed by atoms with E-state index in [0.717, 1.165) is 6.07 Å². The van der Waals surface area contributed by atoms with Crippen LogP contribution in [0.2, 0.25) is 5.15 Å². The third kappa shape index (κ3) is 2.32. The highest BCUT2D eigenvalue weighted by atomic mass is 35.5. The van der Waals surface area contributed by atoms with Gasteiger partial charge in [-0.05, 0) is 6.07 Å². The fraction of sp³-hybridized carbons (Fsp3) is 0.286. The van der Waals surface area contributed by atoms with Crippen LogP contribution in [0.3, 0.4) is 0 Å². The van der Waals surface area contributed by atoms with Gasteiger partial charge in [0.25, 0.3) is 0 Å². The minimum absolute atomic E-state index is 0.0734. The van der Waals surface area contributed by atoms with Crippen LogP contribution in [0.1, 0.15) is 11.3 Å². The number of hydrogen-bond donors (Lipinski definition) is 1. The summed E-state index contributed by atoms with van der Waals surface area (Å²) >= 11 is 5.44. The van der Waals surface area contributed by atoms with Crippen LogP contribution in [-0.4, -0.2) is 4.98 Å². The predicted molar refractivity (Wildman–Crippen MR) is 42.1 cm³/mol. The zero-order valence-electron chi connectivity index (χ0n) is 6.40. The minimum atomic E-state index is -4.46. The molecule has 13 heavy (non-hydrogen) atoms. The Balaban J connectivity index is 3.10. The monoisotopic (exact) mass is 210 g/mol. The van der Waals surface area contributed by atoms with Crippen LogP contribution in [0, 0.1) is 0 Å². The van der Waals surface area contributed by atoms with Crippen LogP contribution in [0.25, 0.3) is 0 Å². The maximum absolute atomic E-state index is 12.1. The molecule has 0 saturated heterocycles. The molecule has 1 aromatic rings. The van der Waals surface area contributed by atoms with Crippen LogP contribution in [-0.2, 0) is 12.7 Å². The van der Waals surface area contributed by atoms with Gasteiger partial charge in [0.2, 0.25) is 0 Å². The normalized spacial score (nSPS) is 11.8. The van der Waals surface area contributed by atoms with Crippen LogP contribution >= 0.6 is 11.6 Å². The molecule has 0 aliphatic carbocycles. The van der Waals surface area contributed by atoms with Crippen molar-refractivity contribution in [3.8, 4) is 0 Å². The molecular formula is C7H6ClF3N2. The van der Waals surface area contributed by atoms with Gasteiger partial charge in [-0.3, -0.25) is 0 Å². The van der Waals surface area contributed by atoms with Gasteiger partial charge in [-0.15, -0.1) is 0 Å². The van der Waals surface area contributed by atoms with Crippen LogP contribution in [0.5, 0.6) is 0 Å². The molecule has 0 fully saturated rings. The van der Waals surface area contributed by atoms with E-state index < -0.39 is 11.9 Å². The lowest BCUT2D eigenvalue weighted by Crippen LogP contribution is -2.09. The molecule has 2 N–H and O–H groups in total. The van der Waals surface area contributed by atoms with Gasteiger partial charge >= 0.3 is 6.18 Å². The number of aromatic nitrogens is 1. The summed E-state index contributed by atoms with van der Waals surface area (Å²) in [4.78, 5) is 3.18. The molecular weight excluding hydrogens is 205 g/mol. The van der Waals surface area contributed by atoms with Crippen molar-refractivity contribution < 1.29 is 13.2 Å². The number of alkyl halides is 3. The van der Waals surface area contributed by atoms with Crippen molar-refractivity contribution in [2.45, 2.75) is 12.7 Å². The van der Waals surface area contributed by atoms with Gasteiger partial charge in [-0.1, -0.05) is 17.7 Å². The smallest absolute Gasteiger partial charge is 0.326 e. The van der Waals surface area contributed by atoms with Crippen molar-refractivity contribution in [1.29, 1.82) is 0 Å². The first-order chi connectivity index (χ1) is 5.95. The summed E-state index contributed by atoms with van der Waals surface area (Å²) in [5.74, 6) is 0. The molecule has 0 spiro atoms. The average molecular weight is 211 g/mol. The Kier molecular flexibility index (Phi) is 2.77. The topological polar surface area (TPSA) is 38.9 Å². The molecule has 0 radical (unpaired) electrons. The van der Waals surface area contributed by atoms with Crippen molar-refractivity contribution >= 4 is 11.6 Å². The summed E-state index contributed by atoms with van der Waals surface area (Å²) in [6, 6.07) is 2.08. The van der Waals surface area contributed by atoms with Gasteiger partial charge in [0.05, 0.1) is 0 Å². The van der Waals surface area contributed by atoms with Crippen LogP contribution in [0.15, 0.2) is 12.1 Å². The molecule has 0 atom stereocenters. The van der Waals surface area contributed by atoms with Crippen molar-refractivity contribution in [2.75, 3.05) is 0 Å². The van der Waals surface area contributed by atoms with E-state index in [-0.39, 0.29) is 11.7 Å². The summed E-state index contributed by atoms with van der Waals surface area (Å²) in [5.41, 5.74) is 4.60. The Morgan fingerprint density at radius 1 is 1.38 bits per heavy atom. The highest BCUT2D eigenvalue weighted by molar-refractivity contribution is 6.30. The standard InChI is InChI=1S/C7H6ClF3N2/c8-6-4(3-12)1-2-5(13-6)7(9,10)11/h1-2H,3,12H2. The summed E-state index contributed by atoms with van der Waals surface area (Å²) < 4.78 is 36.2. The highest BCUT2D eigenvalue weighted by Gasteiger charge is 2.32. The van der Waals surface area contributed by atoms with Gasteiger partial charge in [-0.25, -0.2) is 4.98 Å². The van der Waals surface area contributed by atoms with Gasteiger partial charge in [-0.2, -0.15) is 13.2 Å². The first-order valence-electron chi connectivity index (χ1n) is 3.38. The first kappa shape index (κ1) is 10.3. The van der Waals surface area contributed by atoms with E-state index >= 15 is 0 Å². The van der Waals surface area contributed by atoms with Crippen LogP contribution < -0.4 is 5.73 Å². The molecule has 6 heteroatoms. The van der Waals surface area contributed by atoms with Crippen molar-refractivity contribution in [3.05, 3.63) is 28.5 Å². The molecule has 72 valence electrons. The molecule has 1 heterocycles. The molecule has 0 aliphatic rings. The number of halogens is 4. The fourth-order valence-electron chi connectivity index (χ4n) is 0.773. The number of pyridine rings is 1. The average Bonchev–Trinajstić information content (AvgIpc) is 2.02. The van der Waals surface area contributed by atoms with E-state index in [4.69, 9.17) is 17.3 Å². The lowest BCUT2D eigenvalue weighted by molar-refractivity contribution is -0.141. The van der Waals surface area contributed by atoms with Gasteiger partial charge < -0.3 is 5.73 Å². The predicted octanol–water partition coefficient (Wildman–Crippen LogP) is 2.21. The second-order valence-electron chi connectivity index (χ2n) is 2.35.